The lowest BCUT2D eigenvalue weighted by Gasteiger charge is -2.39. The Morgan fingerprint density at radius 3 is 2.87 bits per heavy atom. The highest BCUT2D eigenvalue weighted by molar-refractivity contribution is 5.75. The molecule has 2 aliphatic rings. The molecule has 2 saturated heterocycles. The van der Waals surface area contributed by atoms with Crippen molar-refractivity contribution in [2.75, 3.05) is 45.9 Å². The Balaban J connectivity index is 1.33. The number of urea groups is 1. The van der Waals surface area contributed by atoms with Crippen LogP contribution in [0.2, 0.25) is 0 Å². The minimum Gasteiger partial charge on any atom is -0.379 e. The minimum absolute atomic E-state index is 0.0476. The lowest BCUT2D eigenvalue weighted by molar-refractivity contribution is 0.0187. The lowest BCUT2D eigenvalue weighted by Crippen LogP contribution is -2.53. The molecule has 1 unspecified atom stereocenters. The third-order valence-corrected chi connectivity index (χ3v) is 4.78. The van der Waals surface area contributed by atoms with Crippen LogP contribution in [-0.2, 0) is 4.74 Å². The summed E-state index contributed by atoms with van der Waals surface area (Å²) >= 11 is 0. The zero-order chi connectivity index (χ0) is 16.1. The van der Waals surface area contributed by atoms with E-state index in [4.69, 9.17) is 4.74 Å². The largest absolute Gasteiger partial charge is 0.379 e. The second-order valence-corrected chi connectivity index (χ2v) is 6.37. The molecule has 126 valence electrons. The van der Waals surface area contributed by atoms with E-state index in [1.807, 2.05) is 29.3 Å². The highest BCUT2D eigenvalue weighted by atomic mass is 16.5. The maximum Gasteiger partial charge on any atom is 0.317 e. The zero-order valence-electron chi connectivity index (χ0n) is 13.8. The number of amides is 2. The number of carbonyl (C=O) groups excluding carboxylic acids is 1. The average Bonchev–Trinajstić information content (AvgIpc) is 2.55. The van der Waals surface area contributed by atoms with Crippen LogP contribution in [0.4, 0.5) is 4.79 Å². The van der Waals surface area contributed by atoms with Crippen molar-refractivity contribution in [3.63, 3.8) is 0 Å². The van der Waals surface area contributed by atoms with Gasteiger partial charge in [-0.15, -0.1) is 0 Å². The fraction of sp³-hybridized carbons (Fsp3) is 0.647. The first-order valence-electron chi connectivity index (χ1n) is 8.49. The number of nitrogens with zero attached hydrogens (tertiary/aromatic N) is 3. The van der Waals surface area contributed by atoms with Crippen LogP contribution < -0.4 is 5.32 Å². The Morgan fingerprint density at radius 2 is 2.17 bits per heavy atom. The van der Waals surface area contributed by atoms with E-state index in [1.54, 1.807) is 0 Å². The van der Waals surface area contributed by atoms with E-state index in [0.717, 1.165) is 58.1 Å². The number of likely N-dealkylation sites (tertiary alicyclic amines) is 1. The molecule has 23 heavy (non-hydrogen) atoms. The molecule has 0 bridgehead atoms. The van der Waals surface area contributed by atoms with Crippen LogP contribution in [0, 0.1) is 0 Å². The fourth-order valence-corrected chi connectivity index (χ4v) is 3.15. The number of morpholine rings is 1. The third kappa shape index (κ3) is 4.20. The molecule has 6 heteroatoms. The molecule has 1 aromatic heterocycles. The van der Waals surface area contributed by atoms with Gasteiger partial charge in [0.15, 0.2) is 0 Å². The fourth-order valence-electron chi connectivity index (χ4n) is 3.15. The number of hydrogen-bond acceptors (Lipinski definition) is 4. The Morgan fingerprint density at radius 1 is 1.39 bits per heavy atom. The van der Waals surface area contributed by atoms with Crippen molar-refractivity contribution in [2.45, 2.75) is 25.3 Å². The first-order valence-corrected chi connectivity index (χ1v) is 8.49. The maximum atomic E-state index is 12.1. The second-order valence-electron chi connectivity index (χ2n) is 6.37. The van der Waals surface area contributed by atoms with Gasteiger partial charge >= 0.3 is 6.03 Å². The Hall–Kier alpha value is -1.66. The number of aromatic nitrogens is 1. The van der Waals surface area contributed by atoms with E-state index in [-0.39, 0.29) is 6.03 Å². The Labute approximate surface area is 137 Å². The van der Waals surface area contributed by atoms with Gasteiger partial charge in [-0.25, -0.2) is 4.79 Å². The number of nitrogens with one attached hydrogen (secondary N) is 1. The van der Waals surface area contributed by atoms with E-state index in [2.05, 4.69) is 22.1 Å². The summed E-state index contributed by atoms with van der Waals surface area (Å²) in [5.74, 6) is 0.384. The van der Waals surface area contributed by atoms with Gasteiger partial charge < -0.3 is 15.0 Å². The molecule has 2 aliphatic heterocycles. The van der Waals surface area contributed by atoms with Gasteiger partial charge in [0, 0.05) is 56.6 Å². The number of carbonyl (C=O) groups is 1. The van der Waals surface area contributed by atoms with Gasteiger partial charge in [0.2, 0.25) is 0 Å². The summed E-state index contributed by atoms with van der Waals surface area (Å²) in [6.45, 7) is 8.10. The van der Waals surface area contributed by atoms with Crippen LogP contribution in [-0.4, -0.2) is 72.8 Å². The molecule has 1 aromatic rings. The summed E-state index contributed by atoms with van der Waals surface area (Å²) in [6, 6.07) is 6.48. The average molecular weight is 318 g/mol. The van der Waals surface area contributed by atoms with Gasteiger partial charge in [-0.2, -0.15) is 0 Å². The van der Waals surface area contributed by atoms with Crippen LogP contribution >= 0.6 is 0 Å². The predicted molar refractivity (Wildman–Crippen MR) is 88.4 cm³/mol. The molecule has 0 spiro atoms. The first-order chi connectivity index (χ1) is 11.2. The monoisotopic (exact) mass is 318 g/mol. The standard InChI is InChI=1S/C17H26N4O2/c1-14(20-8-10-23-11-9-20)5-7-19-17(22)21-12-15(13-21)16-4-2-3-6-18-16/h2-4,6,14-15H,5,7-13H2,1H3,(H,19,22). The number of rotatable bonds is 5. The van der Waals surface area contributed by atoms with Gasteiger partial charge in [-0.1, -0.05) is 6.07 Å². The third-order valence-electron chi connectivity index (χ3n) is 4.78. The molecule has 0 radical (unpaired) electrons. The Kier molecular flexibility index (Phi) is 5.46. The molecule has 3 rings (SSSR count). The molecule has 1 N–H and O–H groups in total. The van der Waals surface area contributed by atoms with Crippen molar-refractivity contribution < 1.29 is 9.53 Å². The highest BCUT2D eigenvalue weighted by Gasteiger charge is 2.32. The predicted octanol–water partition coefficient (Wildman–Crippen LogP) is 1.30. The van der Waals surface area contributed by atoms with E-state index < -0.39 is 0 Å². The van der Waals surface area contributed by atoms with Crippen LogP contribution in [0.1, 0.15) is 25.0 Å². The van der Waals surface area contributed by atoms with Crippen molar-refractivity contribution in [1.29, 1.82) is 0 Å². The van der Waals surface area contributed by atoms with E-state index in [0.29, 0.717) is 12.0 Å². The molecule has 0 saturated carbocycles. The van der Waals surface area contributed by atoms with Crippen LogP contribution in [0.15, 0.2) is 24.4 Å². The van der Waals surface area contributed by atoms with Crippen molar-refractivity contribution in [3.05, 3.63) is 30.1 Å². The summed E-state index contributed by atoms with van der Waals surface area (Å²) in [4.78, 5) is 20.8. The van der Waals surface area contributed by atoms with Gasteiger partial charge in [0.05, 0.1) is 13.2 Å². The van der Waals surface area contributed by atoms with Gasteiger partial charge in [-0.3, -0.25) is 9.88 Å². The SMILES string of the molecule is CC(CCNC(=O)N1CC(c2ccccn2)C1)N1CCOCC1. The van der Waals surface area contributed by atoms with Gasteiger partial charge in [-0.05, 0) is 25.5 Å². The number of ether oxygens (including phenoxy) is 1. The molecule has 3 heterocycles. The molecular formula is C17H26N4O2. The summed E-state index contributed by atoms with van der Waals surface area (Å²) in [7, 11) is 0. The lowest BCUT2D eigenvalue weighted by atomic mass is 9.96. The highest BCUT2D eigenvalue weighted by Crippen LogP contribution is 2.24. The molecule has 0 aliphatic carbocycles. The van der Waals surface area contributed by atoms with Gasteiger partial charge in [0.25, 0.3) is 0 Å². The minimum atomic E-state index is 0.0476. The van der Waals surface area contributed by atoms with E-state index in [1.165, 1.54) is 0 Å². The quantitative estimate of drug-likeness (QED) is 0.889. The first kappa shape index (κ1) is 16.2. The molecular weight excluding hydrogens is 292 g/mol. The second kappa shape index (κ2) is 7.75. The van der Waals surface area contributed by atoms with Crippen LogP contribution in [0.3, 0.4) is 0 Å². The molecule has 2 amide bonds. The summed E-state index contributed by atoms with van der Waals surface area (Å²) in [6.07, 6.45) is 2.79. The molecule has 1 atom stereocenters. The van der Waals surface area contributed by atoms with E-state index in [9.17, 15) is 4.79 Å². The van der Waals surface area contributed by atoms with E-state index >= 15 is 0 Å². The molecule has 2 fully saturated rings. The van der Waals surface area contributed by atoms with Crippen LogP contribution in [0.5, 0.6) is 0 Å². The van der Waals surface area contributed by atoms with Gasteiger partial charge in [0.1, 0.15) is 0 Å². The topological polar surface area (TPSA) is 57.7 Å². The summed E-state index contributed by atoms with van der Waals surface area (Å²) < 4.78 is 5.37. The molecule has 0 aromatic carbocycles. The summed E-state index contributed by atoms with van der Waals surface area (Å²) in [5.41, 5.74) is 1.08. The van der Waals surface area contributed by atoms with Crippen molar-refractivity contribution >= 4 is 6.03 Å². The smallest absolute Gasteiger partial charge is 0.317 e. The van der Waals surface area contributed by atoms with Crippen molar-refractivity contribution in [2.24, 2.45) is 0 Å². The zero-order valence-corrected chi connectivity index (χ0v) is 13.8. The van der Waals surface area contributed by atoms with Crippen molar-refractivity contribution in [1.82, 2.24) is 20.1 Å². The van der Waals surface area contributed by atoms with Crippen LogP contribution in [0.25, 0.3) is 0 Å². The maximum absolute atomic E-state index is 12.1. The number of hydrogen-bond donors (Lipinski definition) is 1. The number of pyridine rings is 1. The Bertz CT molecular complexity index is 499. The van der Waals surface area contributed by atoms with Crippen molar-refractivity contribution in [3.8, 4) is 0 Å². The normalized spacial score (nSPS) is 20.8. The summed E-state index contributed by atoms with van der Waals surface area (Å²) in [5, 5.41) is 3.04. The molecule has 6 nitrogen and oxygen atoms in total.